The van der Waals surface area contributed by atoms with E-state index in [4.69, 9.17) is 0 Å². The summed E-state index contributed by atoms with van der Waals surface area (Å²) in [5.41, 5.74) is 1.48. The number of H-pyrrole nitrogens is 1. The van der Waals surface area contributed by atoms with Gasteiger partial charge in [0.1, 0.15) is 5.69 Å². The Morgan fingerprint density at radius 3 is 2.63 bits per heavy atom. The summed E-state index contributed by atoms with van der Waals surface area (Å²) < 4.78 is 4.67. The van der Waals surface area contributed by atoms with Gasteiger partial charge in [0.05, 0.1) is 7.11 Å². The van der Waals surface area contributed by atoms with Crippen molar-refractivity contribution in [2.45, 2.75) is 26.4 Å². The molecule has 0 spiro atoms. The van der Waals surface area contributed by atoms with E-state index in [1.807, 2.05) is 6.07 Å². The first-order valence-electron chi connectivity index (χ1n) is 6.58. The van der Waals surface area contributed by atoms with E-state index >= 15 is 0 Å². The van der Waals surface area contributed by atoms with Crippen LogP contribution in [0.1, 0.15) is 30.0 Å². The Balaban J connectivity index is 2.54. The number of ether oxygens (including phenoxy) is 1. The lowest BCUT2D eigenvalue weighted by Gasteiger charge is -2.25. The summed E-state index contributed by atoms with van der Waals surface area (Å²) in [6, 6.07) is 4.07. The summed E-state index contributed by atoms with van der Waals surface area (Å²) in [4.78, 5) is 16.6. The molecule has 0 aliphatic carbocycles. The van der Waals surface area contributed by atoms with E-state index in [0.717, 1.165) is 12.2 Å². The fourth-order valence-corrected chi connectivity index (χ4v) is 1.92. The van der Waals surface area contributed by atoms with Crippen molar-refractivity contribution in [3.05, 3.63) is 23.5 Å². The zero-order valence-corrected chi connectivity index (χ0v) is 12.5. The Morgan fingerprint density at radius 1 is 1.42 bits per heavy atom. The second-order valence-corrected chi connectivity index (χ2v) is 5.38. The van der Waals surface area contributed by atoms with Crippen LogP contribution in [0.15, 0.2) is 12.1 Å². The number of methoxy groups -OCH3 is 1. The molecule has 2 N–H and O–H groups in total. The lowest BCUT2D eigenvalue weighted by atomic mass is 10.0. The van der Waals surface area contributed by atoms with Crippen LogP contribution in [0.5, 0.6) is 0 Å². The molecule has 0 fully saturated rings. The molecular formula is C14H25N3O2. The maximum atomic E-state index is 11.3. The zero-order chi connectivity index (χ0) is 14.4. The normalized spacial score (nSPS) is 13.0. The SMILES string of the molecule is COC(=O)c1ccc(CNC(CN(C)C)C(C)C)[nH]1. The number of rotatable bonds is 7. The summed E-state index contributed by atoms with van der Waals surface area (Å²) in [5, 5.41) is 3.51. The van der Waals surface area contributed by atoms with Gasteiger partial charge in [-0.25, -0.2) is 4.79 Å². The number of carbonyl (C=O) groups is 1. The Hall–Kier alpha value is -1.33. The second kappa shape index (κ2) is 7.31. The molecule has 1 rings (SSSR count). The first-order valence-corrected chi connectivity index (χ1v) is 6.58. The van der Waals surface area contributed by atoms with E-state index in [9.17, 15) is 4.79 Å². The van der Waals surface area contributed by atoms with Crippen LogP contribution in [0.4, 0.5) is 0 Å². The van der Waals surface area contributed by atoms with Crippen LogP contribution in [0.3, 0.4) is 0 Å². The standard InChI is InChI=1S/C14H25N3O2/c1-10(2)13(9-17(3)4)15-8-11-6-7-12(16-11)14(18)19-5/h6-7,10,13,15-16H,8-9H2,1-5H3. The van der Waals surface area contributed by atoms with Crippen LogP contribution >= 0.6 is 0 Å². The molecule has 0 aliphatic rings. The number of carbonyl (C=O) groups excluding carboxylic acids is 1. The van der Waals surface area contributed by atoms with Gasteiger partial charge in [-0.1, -0.05) is 13.8 Å². The topological polar surface area (TPSA) is 57.4 Å². The minimum absolute atomic E-state index is 0.333. The van der Waals surface area contributed by atoms with E-state index in [-0.39, 0.29) is 5.97 Å². The quantitative estimate of drug-likeness (QED) is 0.735. The number of likely N-dealkylation sites (N-methyl/N-ethyl adjacent to an activating group) is 1. The van der Waals surface area contributed by atoms with Crippen molar-refractivity contribution < 1.29 is 9.53 Å². The summed E-state index contributed by atoms with van der Waals surface area (Å²) in [7, 11) is 5.52. The van der Waals surface area contributed by atoms with Crippen molar-refractivity contribution in [3.63, 3.8) is 0 Å². The zero-order valence-electron chi connectivity index (χ0n) is 12.5. The molecule has 0 aromatic carbocycles. The Kier molecular flexibility index (Phi) is 6.05. The van der Waals surface area contributed by atoms with Gasteiger partial charge in [-0.05, 0) is 32.1 Å². The second-order valence-electron chi connectivity index (χ2n) is 5.38. The Bertz CT molecular complexity index is 399. The molecule has 0 amide bonds. The smallest absolute Gasteiger partial charge is 0.354 e. The summed E-state index contributed by atoms with van der Waals surface area (Å²) >= 11 is 0. The fourth-order valence-electron chi connectivity index (χ4n) is 1.92. The molecule has 1 aromatic rings. The van der Waals surface area contributed by atoms with Gasteiger partial charge in [-0.2, -0.15) is 0 Å². The first kappa shape index (κ1) is 15.7. The van der Waals surface area contributed by atoms with Gasteiger partial charge in [0.2, 0.25) is 0 Å². The first-order chi connectivity index (χ1) is 8.93. The van der Waals surface area contributed by atoms with Gasteiger partial charge in [0, 0.05) is 24.8 Å². The third-order valence-electron chi connectivity index (χ3n) is 3.07. The van der Waals surface area contributed by atoms with Crippen LogP contribution < -0.4 is 5.32 Å². The minimum atomic E-state index is -0.333. The van der Waals surface area contributed by atoms with Crippen molar-refractivity contribution in [3.8, 4) is 0 Å². The van der Waals surface area contributed by atoms with E-state index in [1.165, 1.54) is 7.11 Å². The van der Waals surface area contributed by atoms with Gasteiger partial charge in [0.15, 0.2) is 0 Å². The Labute approximate surface area is 115 Å². The number of aromatic nitrogens is 1. The van der Waals surface area contributed by atoms with Crippen molar-refractivity contribution in [1.82, 2.24) is 15.2 Å². The average molecular weight is 267 g/mol. The predicted molar refractivity (Wildman–Crippen MR) is 76.2 cm³/mol. The largest absolute Gasteiger partial charge is 0.464 e. The molecule has 1 unspecified atom stereocenters. The van der Waals surface area contributed by atoms with Crippen LogP contribution in [0.2, 0.25) is 0 Å². The summed E-state index contributed by atoms with van der Waals surface area (Å²) in [5.74, 6) is 0.220. The maximum absolute atomic E-state index is 11.3. The number of esters is 1. The molecule has 1 aromatic heterocycles. The number of nitrogens with one attached hydrogen (secondary N) is 2. The fraction of sp³-hybridized carbons (Fsp3) is 0.643. The van der Waals surface area contributed by atoms with Gasteiger partial charge >= 0.3 is 5.97 Å². The van der Waals surface area contributed by atoms with E-state index < -0.39 is 0 Å². The molecule has 5 nitrogen and oxygen atoms in total. The third kappa shape index (κ3) is 5.04. The molecular weight excluding hydrogens is 242 g/mol. The van der Waals surface area contributed by atoms with Crippen LogP contribution in [-0.4, -0.2) is 49.6 Å². The molecule has 0 saturated heterocycles. The number of aromatic amines is 1. The monoisotopic (exact) mass is 267 g/mol. The average Bonchev–Trinajstić information content (AvgIpc) is 2.81. The van der Waals surface area contributed by atoms with Crippen LogP contribution in [0, 0.1) is 5.92 Å². The molecule has 1 heterocycles. The highest BCUT2D eigenvalue weighted by Crippen LogP contribution is 2.07. The van der Waals surface area contributed by atoms with Crippen molar-refractivity contribution in [2.24, 2.45) is 5.92 Å². The van der Waals surface area contributed by atoms with Crippen LogP contribution in [0.25, 0.3) is 0 Å². The van der Waals surface area contributed by atoms with Crippen molar-refractivity contribution in [1.29, 1.82) is 0 Å². The van der Waals surface area contributed by atoms with Crippen LogP contribution in [-0.2, 0) is 11.3 Å². The maximum Gasteiger partial charge on any atom is 0.354 e. The molecule has 0 bridgehead atoms. The van der Waals surface area contributed by atoms with Crippen molar-refractivity contribution >= 4 is 5.97 Å². The van der Waals surface area contributed by atoms with E-state index in [2.05, 4.69) is 47.9 Å². The number of hydrogen-bond donors (Lipinski definition) is 2. The molecule has 0 radical (unpaired) electrons. The highest BCUT2D eigenvalue weighted by atomic mass is 16.5. The molecule has 108 valence electrons. The van der Waals surface area contributed by atoms with Crippen molar-refractivity contribution in [2.75, 3.05) is 27.7 Å². The Morgan fingerprint density at radius 2 is 2.11 bits per heavy atom. The molecule has 0 aliphatic heterocycles. The number of hydrogen-bond acceptors (Lipinski definition) is 4. The highest BCUT2D eigenvalue weighted by Gasteiger charge is 2.14. The molecule has 1 atom stereocenters. The van der Waals surface area contributed by atoms with Gasteiger partial charge < -0.3 is 19.9 Å². The molecule has 0 saturated carbocycles. The van der Waals surface area contributed by atoms with E-state index in [1.54, 1.807) is 6.07 Å². The van der Waals surface area contributed by atoms with Gasteiger partial charge in [0.25, 0.3) is 0 Å². The summed E-state index contributed by atoms with van der Waals surface area (Å²) in [6.45, 7) is 6.11. The third-order valence-corrected chi connectivity index (χ3v) is 3.07. The summed E-state index contributed by atoms with van der Waals surface area (Å²) in [6.07, 6.45) is 0. The lowest BCUT2D eigenvalue weighted by Crippen LogP contribution is -2.41. The van der Waals surface area contributed by atoms with Gasteiger partial charge in [-0.15, -0.1) is 0 Å². The predicted octanol–water partition coefficient (Wildman–Crippen LogP) is 1.48. The lowest BCUT2D eigenvalue weighted by molar-refractivity contribution is 0.0594. The number of nitrogens with zero attached hydrogens (tertiary/aromatic N) is 1. The highest BCUT2D eigenvalue weighted by molar-refractivity contribution is 5.87. The molecule has 19 heavy (non-hydrogen) atoms. The van der Waals surface area contributed by atoms with E-state index in [0.29, 0.717) is 24.2 Å². The minimum Gasteiger partial charge on any atom is -0.464 e. The van der Waals surface area contributed by atoms with Gasteiger partial charge in [-0.3, -0.25) is 0 Å². The molecule has 5 heteroatoms.